The van der Waals surface area contributed by atoms with Gasteiger partial charge in [0.1, 0.15) is 16.4 Å². The number of nitrogens with zero attached hydrogens (tertiary/aromatic N) is 1. The zero-order chi connectivity index (χ0) is 21.7. The average Bonchev–Trinajstić information content (AvgIpc) is 2.76. The molecular weight excluding hydrogens is 404 g/mol. The van der Waals surface area contributed by atoms with Crippen LogP contribution >= 0.6 is 0 Å². The van der Waals surface area contributed by atoms with Crippen LogP contribution in [0, 0.1) is 13.8 Å². The fourth-order valence-corrected chi connectivity index (χ4v) is 4.87. The van der Waals surface area contributed by atoms with Crippen molar-refractivity contribution in [2.75, 3.05) is 47.1 Å². The van der Waals surface area contributed by atoms with E-state index in [2.05, 4.69) is 9.62 Å². The minimum atomic E-state index is -3.76. The molecule has 1 aliphatic heterocycles. The lowest BCUT2D eigenvalue weighted by Gasteiger charge is -2.35. The second kappa shape index (κ2) is 9.78. The Kier molecular flexibility index (Phi) is 7.36. The Labute approximate surface area is 179 Å². The highest BCUT2D eigenvalue weighted by Crippen LogP contribution is 2.29. The Morgan fingerprint density at radius 1 is 1.07 bits per heavy atom. The third-order valence-electron chi connectivity index (χ3n) is 5.50. The van der Waals surface area contributed by atoms with Crippen LogP contribution in [0.15, 0.2) is 41.3 Å². The molecule has 0 radical (unpaired) electrons. The quantitative estimate of drug-likeness (QED) is 0.688. The molecule has 7 nitrogen and oxygen atoms in total. The van der Waals surface area contributed by atoms with Crippen LogP contribution in [-0.2, 0) is 14.8 Å². The SMILES string of the molecule is COc1cccc(C(CNS(=O)(=O)c2cc(C)c(C)cc2OC)N2CCOCC2)c1. The molecule has 0 aromatic heterocycles. The first-order valence-corrected chi connectivity index (χ1v) is 11.4. The number of ether oxygens (including phenoxy) is 3. The van der Waals surface area contributed by atoms with E-state index in [1.54, 1.807) is 19.2 Å². The van der Waals surface area contributed by atoms with Gasteiger partial charge in [-0.15, -0.1) is 0 Å². The van der Waals surface area contributed by atoms with Gasteiger partial charge in [0.2, 0.25) is 10.0 Å². The third-order valence-corrected chi connectivity index (χ3v) is 6.95. The van der Waals surface area contributed by atoms with Crippen LogP contribution < -0.4 is 14.2 Å². The molecule has 1 fully saturated rings. The maximum atomic E-state index is 13.2. The van der Waals surface area contributed by atoms with Crippen molar-refractivity contribution in [3.05, 3.63) is 53.1 Å². The molecule has 8 heteroatoms. The summed E-state index contributed by atoms with van der Waals surface area (Å²) in [6.07, 6.45) is 0. The van der Waals surface area contributed by atoms with Crippen LogP contribution in [0.25, 0.3) is 0 Å². The Morgan fingerprint density at radius 3 is 2.43 bits per heavy atom. The van der Waals surface area contributed by atoms with E-state index in [1.165, 1.54) is 7.11 Å². The van der Waals surface area contributed by atoms with Crippen molar-refractivity contribution < 1.29 is 22.6 Å². The number of hydrogen-bond donors (Lipinski definition) is 1. The Balaban J connectivity index is 1.88. The fourth-order valence-electron chi connectivity index (χ4n) is 3.59. The molecule has 0 saturated carbocycles. The molecule has 1 saturated heterocycles. The lowest BCUT2D eigenvalue weighted by atomic mass is 10.0. The molecule has 0 spiro atoms. The summed E-state index contributed by atoms with van der Waals surface area (Å²) in [6, 6.07) is 11.0. The van der Waals surface area contributed by atoms with E-state index in [9.17, 15) is 8.42 Å². The zero-order valence-electron chi connectivity index (χ0n) is 18.0. The van der Waals surface area contributed by atoms with Gasteiger partial charge in [-0.2, -0.15) is 0 Å². The highest BCUT2D eigenvalue weighted by atomic mass is 32.2. The van der Waals surface area contributed by atoms with Gasteiger partial charge in [0, 0.05) is 25.7 Å². The second-order valence-corrected chi connectivity index (χ2v) is 9.12. The third kappa shape index (κ3) is 5.13. The molecule has 1 aliphatic rings. The van der Waals surface area contributed by atoms with Gasteiger partial charge < -0.3 is 14.2 Å². The van der Waals surface area contributed by atoms with Crippen LogP contribution in [-0.4, -0.2) is 60.4 Å². The number of methoxy groups -OCH3 is 2. The minimum Gasteiger partial charge on any atom is -0.497 e. The van der Waals surface area contributed by atoms with Crippen LogP contribution in [0.2, 0.25) is 0 Å². The highest BCUT2D eigenvalue weighted by Gasteiger charge is 2.27. The average molecular weight is 435 g/mol. The molecule has 3 rings (SSSR count). The topological polar surface area (TPSA) is 77.1 Å². The van der Waals surface area contributed by atoms with Gasteiger partial charge >= 0.3 is 0 Å². The van der Waals surface area contributed by atoms with E-state index in [0.29, 0.717) is 19.0 Å². The Morgan fingerprint density at radius 2 is 1.77 bits per heavy atom. The molecule has 164 valence electrons. The van der Waals surface area contributed by atoms with Gasteiger partial charge in [-0.3, -0.25) is 4.90 Å². The summed E-state index contributed by atoms with van der Waals surface area (Å²) in [5, 5.41) is 0. The largest absolute Gasteiger partial charge is 0.497 e. The van der Waals surface area contributed by atoms with E-state index in [4.69, 9.17) is 14.2 Å². The number of rotatable bonds is 8. The van der Waals surface area contributed by atoms with Crippen molar-refractivity contribution in [3.63, 3.8) is 0 Å². The lowest BCUT2D eigenvalue weighted by molar-refractivity contribution is 0.0171. The number of morpholine rings is 1. The van der Waals surface area contributed by atoms with Crippen molar-refractivity contribution in [2.45, 2.75) is 24.8 Å². The van der Waals surface area contributed by atoms with Gasteiger partial charge in [-0.25, -0.2) is 13.1 Å². The summed E-state index contributed by atoms with van der Waals surface area (Å²) < 4.78 is 45.3. The molecule has 0 bridgehead atoms. The maximum absolute atomic E-state index is 13.2. The molecule has 1 heterocycles. The summed E-state index contributed by atoms with van der Waals surface area (Å²) in [5.41, 5.74) is 2.87. The molecule has 2 aromatic rings. The zero-order valence-corrected chi connectivity index (χ0v) is 18.8. The lowest BCUT2D eigenvalue weighted by Crippen LogP contribution is -2.43. The first-order chi connectivity index (χ1) is 14.4. The van der Waals surface area contributed by atoms with E-state index < -0.39 is 10.0 Å². The van der Waals surface area contributed by atoms with Crippen molar-refractivity contribution in [1.82, 2.24) is 9.62 Å². The normalized spacial score (nSPS) is 16.3. The summed E-state index contributed by atoms with van der Waals surface area (Å²) in [7, 11) is -0.659. The van der Waals surface area contributed by atoms with Gasteiger partial charge in [0.15, 0.2) is 0 Å². The van der Waals surface area contributed by atoms with Gasteiger partial charge in [-0.05, 0) is 54.8 Å². The maximum Gasteiger partial charge on any atom is 0.244 e. The summed E-state index contributed by atoms with van der Waals surface area (Å²) in [4.78, 5) is 2.39. The van der Waals surface area contributed by atoms with Crippen LogP contribution in [0.3, 0.4) is 0 Å². The van der Waals surface area contributed by atoms with E-state index in [-0.39, 0.29) is 17.5 Å². The Hall–Kier alpha value is -2.13. The molecule has 30 heavy (non-hydrogen) atoms. The van der Waals surface area contributed by atoms with Gasteiger partial charge in [0.25, 0.3) is 0 Å². The van der Waals surface area contributed by atoms with Crippen molar-refractivity contribution in [1.29, 1.82) is 0 Å². The molecule has 1 atom stereocenters. The second-order valence-electron chi connectivity index (χ2n) is 7.38. The van der Waals surface area contributed by atoms with Crippen LogP contribution in [0.4, 0.5) is 0 Å². The van der Waals surface area contributed by atoms with Crippen molar-refractivity contribution >= 4 is 10.0 Å². The first-order valence-electron chi connectivity index (χ1n) is 9.96. The van der Waals surface area contributed by atoms with E-state index in [1.807, 2.05) is 38.1 Å². The van der Waals surface area contributed by atoms with Crippen LogP contribution in [0.1, 0.15) is 22.7 Å². The number of benzene rings is 2. The molecule has 0 aliphatic carbocycles. The van der Waals surface area contributed by atoms with Gasteiger partial charge in [-0.1, -0.05) is 12.1 Å². The number of sulfonamides is 1. The Bertz CT molecular complexity index is 971. The molecule has 1 unspecified atom stereocenters. The smallest absolute Gasteiger partial charge is 0.244 e. The molecule has 0 amide bonds. The fraction of sp³-hybridized carbons (Fsp3) is 0.455. The standard InChI is InChI=1S/C22H30N2O5S/c1-16-12-21(28-4)22(13-17(16)2)30(25,26)23-15-20(24-8-10-29-11-9-24)18-6-5-7-19(14-18)27-3/h5-7,12-14,20,23H,8-11,15H2,1-4H3. The first kappa shape index (κ1) is 22.6. The monoisotopic (exact) mass is 434 g/mol. The van der Waals surface area contributed by atoms with Crippen molar-refractivity contribution in [2.24, 2.45) is 0 Å². The van der Waals surface area contributed by atoms with E-state index >= 15 is 0 Å². The van der Waals surface area contributed by atoms with E-state index in [0.717, 1.165) is 35.5 Å². The minimum absolute atomic E-state index is 0.142. The number of nitrogens with one attached hydrogen (secondary N) is 1. The van der Waals surface area contributed by atoms with Crippen molar-refractivity contribution in [3.8, 4) is 11.5 Å². The number of aryl methyl sites for hydroxylation is 2. The summed E-state index contributed by atoms with van der Waals surface area (Å²) in [6.45, 7) is 6.76. The predicted molar refractivity (Wildman–Crippen MR) is 116 cm³/mol. The summed E-state index contributed by atoms with van der Waals surface area (Å²) in [5.74, 6) is 1.08. The van der Waals surface area contributed by atoms with Gasteiger partial charge in [0.05, 0.1) is 27.4 Å². The predicted octanol–water partition coefficient (Wildman–Crippen LogP) is 2.67. The highest BCUT2D eigenvalue weighted by molar-refractivity contribution is 7.89. The summed E-state index contributed by atoms with van der Waals surface area (Å²) >= 11 is 0. The molecular formula is C22H30N2O5S. The van der Waals surface area contributed by atoms with Crippen LogP contribution in [0.5, 0.6) is 11.5 Å². The number of hydrogen-bond acceptors (Lipinski definition) is 6. The molecule has 2 aromatic carbocycles. The molecule has 1 N–H and O–H groups in total.